The van der Waals surface area contributed by atoms with E-state index in [1.807, 2.05) is 49.5 Å². The Hall–Kier alpha value is -3.84. The minimum atomic E-state index is -0.119. The molecule has 3 aromatic heterocycles. The topological polar surface area (TPSA) is 91.9 Å². The zero-order chi connectivity index (χ0) is 22.8. The van der Waals surface area contributed by atoms with Gasteiger partial charge < -0.3 is 20.4 Å². The van der Waals surface area contributed by atoms with Crippen molar-refractivity contribution in [3.8, 4) is 5.75 Å². The summed E-state index contributed by atoms with van der Waals surface area (Å²) in [6.07, 6.45) is 3.51. The third-order valence-electron chi connectivity index (χ3n) is 5.52. The summed E-state index contributed by atoms with van der Waals surface area (Å²) in [6, 6.07) is 15.3. The molecule has 2 aromatic carbocycles. The average molecular weight is 460 g/mol. The number of halogens is 1. The van der Waals surface area contributed by atoms with Crippen LogP contribution in [-0.2, 0) is 4.79 Å². The number of carbonyl (C=O) groups excluding carboxylic acids is 1. The summed E-state index contributed by atoms with van der Waals surface area (Å²) in [7, 11) is 0. The molecule has 0 unspecified atom stereocenters. The zero-order valence-corrected chi connectivity index (χ0v) is 18.7. The summed E-state index contributed by atoms with van der Waals surface area (Å²) in [6.45, 7) is 2.91. The maximum atomic E-state index is 12.2. The smallest absolute Gasteiger partial charge is 0.239 e. The van der Waals surface area contributed by atoms with E-state index in [9.17, 15) is 4.79 Å². The molecule has 0 saturated carbocycles. The number of ether oxygens (including phenoxy) is 1. The SMILES string of the molecule is Cc1nccc2c1[nH]c1cc(OCCNC(=O)CNc3ccnc4cc(Cl)ccc34)ccc12. The van der Waals surface area contributed by atoms with Gasteiger partial charge in [0, 0.05) is 45.3 Å². The fraction of sp³-hybridized carbons (Fsp3) is 0.160. The maximum Gasteiger partial charge on any atom is 0.239 e. The van der Waals surface area contributed by atoms with Crippen LogP contribution in [0.2, 0.25) is 5.02 Å². The number of pyridine rings is 2. The fourth-order valence-electron chi connectivity index (χ4n) is 3.91. The van der Waals surface area contributed by atoms with Gasteiger partial charge in [0.15, 0.2) is 0 Å². The molecule has 0 aliphatic heterocycles. The Morgan fingerprint density at radius 2 is 1.88 bits per heavy atom. The summed E-state index contributed by atoms with van der Waals surface area (Å²) >= 11 is 6.03. The Morgan fingerprint density at radius 3 is 2.79 bits per heavy atom. The van der Waals surface area contributed by atoms with Gasteiger partial charge in [-0.1, -0.05) is 11.6 Å². The van der Waals surface area contributed by atoms with Gasteiger partial charge in [0.2, 0.25) is 5.91 Å². The number of amides is 1. The Balaban J connectivity index is 1.14. The summed E-state index contributed by atoms with van der Waals surface area (Å²) in [5.74, 6) is 0.625. The molecule has 0 bridgehead atoms. The van der Waals surface area contributed by atoms with Crippen LogP contribution in [0.4, 0.5) is 5.69 Å². The van der Waals surface area contributed by atoms with Crippen molar-refractivity contribution >= 4 is 55.9 Å². The van der Waals surface area contributed by atoms with E-state index in [-0.39, 0.29) is 12.5 Å². The van der Waals surface area contributed by atoms with Crippen LogP contribution in [0.1, 0.15) is 5.69 Å². The lowest BCUT2D eigenvalue weighted by Crippen LogP contribution is -2.33. The number of H-pyrrole nitrogens is 1. The van der Waals surface area contributed by atoms with Crippen LogP contribution >= 0.6 is 11.6 Å². The first-order valence-electron chi connectivity index (χ1n) is 10.6. The van der Waals surface area contributed by atoms with Gasteiger partial charge in [-0.05, 0) is 49.4 Å². The standard InChI is InChI=1S/C25H22ClN5O2/c1-15-25-19(6-8-27-15)18-5-3-17(13-23(18)31-25)33-11-10-29-24(32)14-30-21-7-9-28-22-12-16(26)2-4-20(21)22/h2-9,12-13,31H,10-11,14H2,1H3,(H,28,30)(H,29,32). The van der Waals surface area contributed by atoms with Gasteiger partial charge in [0.25, 0.3) is 0 Å². The lowest BCUT2D eigenvalue weighted by Gasteiger charge is -2.11. The van der Waals surface area contributed by atoms with E-state index in [4.69, 9.17) is 16.3 Å². The molecule has 0 saturated heterocycles. The first kappa shape index (κ1) is 21.0. The van der Waals surface area contributed by atoms with E-state index in [0.717, 1.165) is 49.8 Å². The second-order valence-corrected chi connectivity index (χ2v) is 8.16. The quantitative estimate of drug-likeness (QED) is 0.303. The van der Waals surface area contributed by atoms with Crippen LogP contribution in [0.15, 0.2) is 60.9 Å². The first-order chi connectivity index (χ1) is 16.1. The molecule has 33 heavy (non-hydrogen) atoms. The zero-order valence-electron chi connectivity index (χ0n) is 18.0. The van der Waals surface area contributed by atoms with Crippen molar-refractivity contribution in [1.82, 2.24) is 20.3 Å². The number of rotatable bonds is 7. The number of hydrogen-bond acceptors (Lipinski definition) is 5. The number of aryl methyl sites for hydroxylation is 1. The van der Waals surface area contributed by atoms with E-state index in [1.165, 1.54) is 0 Å². The number of benzene rings is 2. The van der Waals surface area contributed by atoms with Gasteiger partial charge in [0.1, 0.15) is 12.4 Å². The maximum absolute atomic E-state index is 12.2. The second-order valence-electron chi connectivity index (χ2n) is 7.72. The minimum Gasteiger partial charge on any atom is -0.492 e. The van der Waals surface area contributed by atoms with Crippen LogP contribution in [0.25, 0.3) is 32.7 Å². The van der Waals surface area contributed by atoms with Crippen molar-refractivity contribution in [3.63, 3.8) is 0 Å². The highest BCUT2D eigenvalue weighted by Crippen LogP contribution is 2.29. The monoisotopic (exact) mass is 459 g/mol. The molecule has 0 spiro atoms. The van der Waals surface area contributed by atoms with E-state index in [2.05, 4.69) is 25.6 Å². The van der Waals surface area contributed by atoms with E-state index < -0.39 is 0 Å². The number of aromatic nitrogens is 3. The highest BCUT2D eigenvalue weighted by atomic mass is 35.5. The van der Waals surface area contributed by atoms with Crippen LogP contribution in [-0.4, -0.2) is 40.6 Å². The molecule has 1 amide bonds. The van der Waals surface area contributed by atoms with Gasteiger partial charge >= 0.3 is 0 Å². The number of carbonyl (C=O) groups is 1. The van der Waals surface area contributed by atoms with Crippen molar-refractivity contribution in [2.75, 3.05) is 25.0 Å². The van der Waals surface area contributed by atoms with Gasteiger partial charge in [-0.15, -0.1) is 0 Å². The third kappa shape index (κ3) is 4.40. The van der Waals surface area contributed by atoms with E-state index in [1.54, 1.807) is 18.3 Å². The van der Waals surface area contributed by atoms with Gasteiger partial charge in [-0.2, -0.15) is 0 Å². The van der Waals surface area contributed by atoms with Gasteiger partial charge in [0.05, 0.1) is 35.3 Å². The lowest BCUT2D eigenvalue weighted by atomic mass is 10.1. The first-order valence-corrected chi connectivity index (χ1v) is 11.0. The molecule has 5 rings (SSSR count). The number of hydrogen-bond donors (Lipinski definition) is 3. The molecule has 166 valence electrons. The molecular formula is C25H22ClN5O2. The molecule has 8 heteroatoms. The molecule has 3 N–H and O–H groups in total. The minimum absolute atomic E-state index is 0.119. The highest BCUT2D eigenvalue weighted by molar-refractivity contribution is 6.31. The summed E-state index contributed by atoms with van der Waals surface area (Å²) in [5.41, 5.74) is 4.61. The highest BCUT2D eigenvalue weighted by Gasteiger charge is 2.08. The van der Waals surface area contributed by atoms with Gasteiger partial charge in [-0.3, -0.25) is 14.8 Å². The summed E-state index contributed by atoms with van der Waals surface area (Å²) in [4.78, 5) is 24.3. The van der Waals surface area contributed by atoms with E-state index in [0.29, 0.717) is 18.2 Å². The predicted octanol–water partition coefficient (Wildman–Crippen LogP) is 4.83. The molecule has 7 nitrogen and oxygen atoms in total. The molecule has 0 radical (unpaired) electrons. The third-order valence-corrected chi connectivity index (χ3v) is 5.75. The van der Waals surface area contributed by atoms with Crippen molar-refractivity contribution < 1.29 is 9.53 Å². The molecule has 5 aromatic rings. The molecule has 3 heterocycles. The normalized spacial score (nSPS) is 11.2. The molecule has 0 aliphatic rings. The van der Waals surface area contributed by atoms with Gasteiger partial charge in [-0.25, -0.2) is 0 Å². The number of nitrogens with zero attached hydrogens (tertiary/aromatic N) is 2. The number of nitrogens with one attached hydrogen (secondary N) is 3. The predicted molar refractivity (Wildman–Crippen MR) is 132 cm³/mol. The lowest BCUT2D eigenvalue weighted by molar-refractivity contribution is -0.119. The number of fused-ring (bicyclic) bond motifs is 4. The van der Waals surface area contributed by atoms with Crippen LogP contribution in [0.3, 0.4) is 0 Å². The van der Waals surface area contributed by atoms with Crippen molar-refractivity contribution in [1.29, 1.82) is 0 Å². The number of anilines is 1. The average Bonchev–Trinajstić information content (AvgIpc) is 3.19. The van der Waals surface area contributed by atoms with Crippen LogP contribution in [0.5, 0.6) is 5.75 Å². The van der Waals surface area contributed by atoms with Crippen molar-refractivity contribution in [2.45, 2.75) is 6.92 Å². The Morgan fingerprint density at radius 1 is 1.03 bits per heavy atom. The summed E-state index contributed by atoms with van der Waals surface area (Å²) < 4.78 is 5.83. The van der Waals surface area contributed by atoms with Crippen LogP contribution in [0, 0.1) is 6.92 Å². The van der Waals surface area contributed by atoms with Crippen LogP contribution < -0.4 is 15.4 Å². The number of aromatic amines is 1. The molecule has 0 aliphatic carbocycles. The molecule has 0 fully saturated rings. The Kier molecular flexibility index (Phi) is 5.71. The van der Waals surface area contributed by atoms with E-state index >= 15 is 0 Å². The fourth-order valence-corrected chi connectivity index (χ4v) is 4.07. The van der Waals surface area contributed by atoms with Crippen molar-refractivity contribution in [2.24, 2.45) is 0 Å². The summed E-state index contributed by atoms with van der Waals surface area (Å²) in [5, 5.41) is 9.84. The Bertz CT molecular complexity index is 1480. The second kappa shape index (κ2) is 8.96. The molecular weight excluding hydrogens is 438 g/mol. The van der Waals surface area contributed by atoms with Crippen molar-refractivity contribution in [3.05, 3.63) is 71.6 Å². The largest absolute Gasteiger partial charge is 0.492 e. The molecule has 0 atom stereocenters. The Labute approximate surface area is 195 Å².